The number of rotatable bonds is 3. The number of hydrogen-bond acceptors (Lipinski definition) is 2. The molecule has 2 aliphatic carbocycles. The zero-order chi connectivity index (χ0) is 12.4. The van der Waals surface area contributed by atoms with Gasteiger partial charge in [-0.05, 0) is 31.6 Å². The first-order chi connectivity index (χ1) is 8.16. The molecule has 2 saturated carbocycles. The van der Waals surface area contributed by atoms with E-state index in [1.165, 1.54) is 38.5 Å². The topological polar surface area (TPSA) is 46.2 Å². The van der Waals surface area contributed by atoms with E-state index >= 15 is 0 Å². The maximum atomic E-state index is 11.2. The fraction of sp³-hybridized carbons (Fsp3) is 1.00. The molecule has 2 heteroatoms. The van der Waals surface area contributed by atoms with E-state index in [0.717, 1.165) is 31.6 Å². The first-order valence-electron chi connectivity index (χ1n) is 7.58. The summed E-state index contributed by atoms with van der Waals surface area (Å²) in [5.41, 5.74) is 5.66. The van der Waals surface area contributed by atoms with Crippen molar-refractivity contribution in [1.29, 1.82) is 0 Å². The fourth-order valence-electron chi connectivity index (χ4n) is 4.28. The monoisotopic (exact) mass is 239 g/mol. The van der Waals surface area contributed by atoms with E-state index in [-0.39, 0.29) is 5.41 Å². The van der Waals surface area contributed by atoms with Crippen LogP contribution in [0.4, 0.5) is 0 Å². The van der Waals surface area contributed by atoms with Crippen molar-refractivity contribution in [1.82, 2.24) is 0 Å². The highest BCUT2D eigenvalue weighted by atomic mass is 16.3. The van der Waals surface area contributed by atoms with Crippen LogP contribution < -0.4 is 5.73 Å². The van der Waals surface area contributed by atoms with Gasteiger partial charge in [-0.1, -0.05) is 45.4 Å². The van der Waals surface area contributed by atoms with Crippen molar-refractivity contribution in [2.45, 2.75) is 76.7 Å². The van der Waals surface area contributed by atoms with E-state index in [9.17, 15) is 5.11 Å². The first-order valence-corrected chi connectivity index (χ1v) is 7.58. The Balaban J connectivity index is 2.15. The third-order valence-electron chi connectivity index (χ3n) is 5.60. The van der Waals surface area contributed by atoms with Crippen molar-refractivity contribution < 1.29 is 5.11 Å². The molecule has 100 valence electrons. The molecule has 0 aromatic heterocycles. The van der Waals surface area contributed by atoms with Crippen LogP contribution >= 0.6 is 0 Å². The maximum absolute atomic E-state index is 11.2. The van der Waals surface area contributed by atoms with Gasteiger partial charge in [-0.15, -0.1) is 0 Å². The van der Waals surface area contributed by atoms with Gasteiger partial charge in [0, 0.05) is 12.0 Å². The lowest BCUT2D eigenvalue weighted by Gasteiger charge is -2.52. The Labute approximate surface area is 106 Å². The fourth-order valence-corrected chi connectivity index (χ4v) is 4.28. The van der Waals surface area contributed by atoms with E-state index in [0.29, 0.717) is 6.54 Å². The lowest BCUT2D eigenvalue weighted by Crippen LogP contribution is -2.55. The van der Waals surface area contributed by atoms with Gasteiger partial charge in [0.05, 0.1) is 5.60 Å². The third kappa shape index (κ3) is 2.39. The highest BCUT2D eigenvalue weighted by Gasteiger charge is 2.51. The minimum atomic E-state index is -0.457. The summed E-state index contributed by atoms with van der Waals surface area (Å²) in [6.45, 7) is 2.94. The molecular formula is C15H29NO. The molecule has 0 heterocycles. The Morgan fingerprint density at radius 2 is 1.82 bits per heavy atom. The third-order valence-corrected chi connectivity index (χ3v) is 5.60. The molecule has 2 nitrogen and oxygen atoms in total. The van der Waals surface area contributed by atoms with Gasteiger partial charge < -0.3 is 10.8 Å². The second kappa shape index (κ2) is 5.27. The van der Waals surface area contributed by atoms with Crippen molar-refractivity contribution in [3.05, 3.63) is 0 Å². The van der Waals surface area contributed by atoms with Crippen LogP contribution in [0.2, 0.25) is 0 Å². The van der Waals surface area contributed by atoms with Gasteiger partial charge >= 0.3 is 0 Å². The van der Waals surface area contributed by atoms with Crippen molar-refractivity contribution >= 4 is 0 Å². The minimum absolute atomic E-state index is 0.0408. The molecule has 0 aromatic rings. The number of nitrogens with two attached hydrogens (primary N) is 1. The maximum Gasteiger partial charge on any atom is 0.0718 e. The van der Waals surface area contributed by atoms with Crippen LogP contribution in [0, 0.1) is 11.3 Å². The van der Waals surface area contributed by atoms with Crippen LogP contribution in [0.15, 0.2) is 0 Å². The van der Waals surface area contributed by atoms with Gasteiger partial charge in [-0.25, -0.2) is 0 Å². The summed E-state index contributed by atoms with van der Waals surface area (Å²) in [5, 5.41) is 11.2. The van der Waals surface area contributed by atoms with E-state index in [2.05, 4.69) is 6.92 Å². The molecular weight excluding hydrogens is 210 g/mol. The molecule has 0 bridgehead atoms. The zero-order valence-electron chi connectivity index (χ0n) is 11.4. The van der Waals surface area contributed by atoms with Crippen molar-refractivity contribution in [3.8, 4) is 0 Å². The molecule has 0 amide bonds. The average molecular weight is 239 g/mol. The van der Waals surface area contributed by atoms with E-state index < -0.39 is 5.60 Å². The van der Waals surface area contributed by atoms with Crippen LogP contribution in [0.3, 0.4) is 0 Å². The Bertz CT molecular complexity index is 247. The minimum Gasteiger partial charge on any atom is -0.389 e. The average Bonchev–Trinajstić information content (AvgIpc) is 2.39. The quantitative estimate of drug-likeness (QED) is 0.794. The van der Waals surface area contributed by atoms with E-state index in [1.54, 1.807) is 0 Å². The van der Waals surface area contributed by atoms with Crippen molar-refractivity contribution in [2.24, 2.45) is 17.1 Å². The van der Waals surface area contributed by atoms with Crippen LogP contribution in [0.5, 0.6) is 0 Å². The molecule has 2 fully saturated rings. The molecule has 0 aliphatic heterocycles. The Hall–Kier alpha value is -0.0800. The van der Waals surface area contributed by atoms with Gasteiger partial charge in [-0.3, -0.25) is 0 Å². The summed E-state index contributed by atoms with van der Waals surface area (Å²) in [7, 11) is 0. The van der Waals surface area contributed by atoms with Gasteiger partial charge in [0.1, 0.15) is 0 Å². The second-order valence-corrected chi connectivity index (χ2v) is 6.45. The second-order valence-electron chi connectivity index (χ2n) is 6.45. The Kier molecular flexibility index (Phi) is 4.14. The predicted molar refractivity (Wildman–Crippen MR) is 71.8 cm³/mol. The van der Waals surface area contributed by atoms with Crippen molar-refractivity contribution in [2.75, 3.05) is 6.54 Å². The van der Waals surface area contributed by atoms with Gasteiger partial charge in [-0.2, -0.15) is 0 Å². The molecule has 2 aliphatic rings. The zero-order valence-corrected chi connectivity index (χ0v) is 11.4. The standard InChI is InChI=1S/C15H29NO/c1-2-13-7-6-10-15(17,11-13)14(12-16)8-4-3-5-9-14/h13,17H,2-12,16H2,1H3. The van der Waals surface area contributed by atoms with Gasteiger partial charge in [0.2, 0.25) is 0 Å². The molecule has 2 atom stereocenters. The first kappa shape index (κ1) is 13.4. The van der Waals surface area contributed by atoms with Crippen LogP contribution in [0.1, 0.15) is 71.1 Å². The molecule has 2 unspecified atom stereocenters. The largest absolute Gasteiger partial charge is 0.389 e. The number of hydrogen-bond donors (Lipinski definition) is 2. The summed E-state index contributed by atoms with van der Waals surface area (Å²) in [6.07, 6.45) is 11.8. The van der Waals surface area contributed by atoms with Crippen LogP contribution in [-0.2, 0) is 0 Å². The summed E-state index contributed by atoms with van der Waals surface area (Å²) in [5.74, 6) is 0.721. The lowest BCUT2D eigenvalue weighted by atomic mass is 9.57. The van der Waals surface area contributed by atoms with Gasteiger partial charge in [0.25, 0.3) is 0 Å². The molecule has 0 saturated heterocycles. The Morgan fingerprint density at radius 1 is 1.12 bits per heavy atom. The summed E-state index contributed by atoms with van der Waals surface area (Å²) >= 11 is 0. The highest BCUT2D eigenvalue weighted by Crippen LogP contribution is 2.51. The molecule has 2 rings (SSSR count). The van der Waals surface area contributed by atoms with Crippen molar-refractivity contribution in [3.63, 3.8) is 0 Å². The molecule has 0 aromatic carbocycles. The summed E-state index contributed by atoms with van der Waals surface area (Å²) in [4.78, 5) is 0. The smallest absolute Gasteiger partial charge is 0.0718 e. The molecule has 0 radical (unpaired) electrons. The predicted octanol–water partition coefficient (Wildman–Crippen LogP) is 3.23. The summed E-state index contributed by atoms with van der Waals surface area (Å²) < 4.78 is 0. The normalized spacial score (nSPS) is 37.9. The lowest BCUT2D eigenvalue weighted by molar-refractivity contribution is -0.133. The van der Waals surface area contributed by atoms with E-state index in [4.69, 9.17) is 5.73 Å². The summed E-state index contributed by atoms with van der Waals surface area (Å²) in [6, 6.07) is 0. The van der Waals surface area contributed by atoms with Gasteiger partial charge in [0.15, 0.2) is 0 Å². The van der Waals surface area contributed by atoms with E-state index in [1.807, 2.05) is 0 Å². The molecule has 0 spiro atoms. The Morgan fingerprint density at radius 3 is 2.41 bits per heavy atom. The van der Waals surface area contributed by atoms with Crippen LogP contribution in [-0.4, -0.2) is 17.3 Å². The SMILES string of the molecule is CCC1CCCC(O)(C2(CN)CCCCC2)C1. The molecule has 3 N–H and O–H groups in total. The molecule has 17 heavy (non-hydrogen) atoms. The van der Waals surface area contributed by atoms with Crippen LogP contribution in [0.25, 0.3) is 0 Å². The highest BCUT2D eigenvalue weighted by molar-refractivity contribution is 5.03. The number of aliphatic hydroxyl groups is 1.